The van der Waals surface area contributed by atoms with Crippen molar-refractivity contribution in [2.24, 2.45) is 5.10 Å². The fourth-order valence-electron chi connectivity index (χ4n) is 1.72. The van der Waals surface area contributed by atoms with Crippen molar-refractivity contribution < 1.29 is 14.0 Å². The van der Waals surface area contributed by atoms with E-state index in [1.165, 1.54) is 36.7 Å². The Labute approximate surface area is 132 Å². The van der Waals surface area contributed by atoms with Gasteiger partial charge in [-0.3, -0.25) is 14.6 Å². The molecule has 1 aromatic carbocycles. The number of anilines is 1. The molecule has 6 nitrogen and oxygen atoms in total. The Kier molecular flexibility index (Phi) is 5.51. The van der Waals surface area contributed by atoms with Crippen LogP contribution in [0.15, 0.2) is 53.9 Å². The van der Waals surface area contributed by atoms with Gasteiger partial charge < -0.3 is 5.32 Å². The highest BCUT2D eigenvalue weighted by molar-refractivity contribution is 6.06. The highest BCUT2D eigenvalue weighted by Gasteiger charge is 2.07. The zero-order chi connectivity index (χ0) is 16.7. The number of pyridine rings is 1. The van der Waals surface area contributed by atoms with Crippen LogP contribution in [0.5, 0.6) is 0 Å². The first-order valence-electron chi connectivity index (χ1n) is 6.83. The van der Waals surface area contributed by atoms with E-state index >= 15 is 0 Å². The van der Waals surface area contributed by atoms with Gasteiger partial charge in [0.05, 0.1) is 6.42 Å². The maximum atomic E-state index is 12.8. The molecule has 1 heterocycles. The quantitative estimate of drug-likeness (QED) is 0.656. The molecular formula is C16H15FN4O2. The topological polar surface area (TPSA) is 83.5 Å². The van der Waals surface area contributed by atoms with E-state index in [0.29, 0.717) is 17.0 Å². The zero-order valence-corrected chi connectivity index (χ0v) is 12.4. The van der Waals surface area contributed by atoms with E-state index in [1.54, 1.807) is 19.1 Å². The van der Waals surface area contributed by atoms with Gasteiger partial charge in [-0.25, -0.2) is 9.82 Å². The van der Waals surface area contributed by atoms with Gasteiger partial charge in [0.2, 0.25) is 5.91 Å². The molecule has 1 aromatic heterocycles. The van der Waals surface area contributed by atoms with Gasteiger partial charge in [-0.2, -0.15) is 5.10 Å². The fraction of sp³-hybridized carbons (Fsp3) is 0.125. The monoisotopic (exact) mass is 314 g/mol. The van der Waals surface area contributed by atoms with E-state index in [-0.39, 0.29) is 24.1 Å². The van der Waals surface area contributed by atoms with E-state index in [9.17, 15) is 14.0 Å². The molecule has 0 aliphatic carbocycles. The van der Waals surface area contributed by atoms with Gasteiger partial charge in [-0.05, 0) is 43.3 Å². The van der Waals surface area contributed by atoms with Crippen molar-refractivity contribution in [2.45, 2.75) is 13.3 Å². The van der Waals surface area contributed by atoms with E-state index < -0.39 is 0 Å². The number of carbonyl (C=O) groups excluding carboxylic acids is 2. The first-order chi connectivity index (χ1) is 11.0. The summed E-state index contributed by atoms with van der Waals surface area (Å²) in [6.45, 7) is 1.62. The van der Waals surface area contributed by atoms with Gasteiger partial charge >= 0.3 is 0 Å². The molecule has 2 rings (SSSR count). The number of amides is 2. The molecule has 0 aliphatic heterocycles. The summed E-state index contributed by atoms with van der Waals surface area (Å²) in [5, 5.41) is 6.48. The van der Waals surface area contributed by atoms with Crippen LogP contribution in [0.3, 0.4) is 0 Å². The van der Waals surface area contributed by atoms with Crippen molar-refractivity contribution in [2.75, 3.05) is 5.32 Å². The molecule has 0 bridgehead atoms. The van der Waals surface area contributed by atoms with Crippen LogP contribution >= 0.6 is 0 Å². The summed E-state index contributed by atoms with van der Waals surface area (Å²) in [6.07, 6.45) is 3.01. The van der Waals surface area contributed by atoms with E-state index in [0.717, 1.165) is 0 Å². The van der Waals surface area contributed by atoms with Crippen LogP contribution in [0.4, 0.5) is 10.1 Å². The molecule has 23 heavy (non-hydrogen) atoms. The lowest BCUT2D eigenvalue weighted by Gasteiger charge is -2.05. The Bertz CT molecular complexity index is 715. The van der Waals surface area contributed by atoms with Crippen molar-refractivity contribution in [1.82, 2.24) is 10.4 Å². The maximum Gasteiger partial charge on any atom is 0.271 e. The molecule has 0 radical (unpaired) electrons. The molecule has 2 amide bonds. The van der Waals surface area contributed by atoms with Gasteiger partial charge in [0.1, 0.15) is 5.82 Å². The van der Waals surface area contributed by atoms with E-state index in [2.05, 4.69) is 20.8 Å². The molecule has 118 valence electrons. The lowest BCUT2D eigenvalue weighted by molar-refractivity contribution is -0.115. The van der Waals surface area contributed by atoms with Crippen LogP contribution in [-0.2, 0) is 4.79 Å². The van der Waals surface area contributed by atoms with Gasteiger partial charge in [-0.15, -0.1) is 0 Å². The minimum Gasteiger partial charge on any atom is -0.326 e. The minimum atomic E-state index is -0.384. The highest BCUT2D eigenvalue weighted by atomic mass is 19.1. The minimum absolute atomic E-state index is 0.00794. The summed E-state index contributed by atoms with van der Waals surface area (Å²) < 4.78 is 12.8. The van der Waals surface area contributed by atoms with Crippen molar-refractivity contribution >= 4 is 23.2 Å². The average Bonchev–Trinajstić information content (AvgIpc) is 2.55. The molecule has 2 aromatic rings. The molecule has 0 saturated carbocycles. The lowest BCUT2D eigenvalue weighted by atomic mass is 10.2. The lowest BCUT2D eigenvalue weighted by Crippen LogP contribution is -2.21. The van der Waals surface area contributed by atoms with Crippen molar-refractivity contribution in [3.63, 3.8) is 0 Å². The number of hydrazone groups is 1. The van der Waals surface area contributed by atoms with Gasteiger partial charge in [0, 0.05) is 29.4 Å². The van der Waals surface area contributed by atoms with Crippen LogP contribution in [0.25, 0.3) is 0 Å². The number of aromatic nitrogens is 1. The van der Waals surface area contributed by atoms with Crippen LogP contribution < -0.4 is 10.7 Å². The number of nitrogens with one attached hydrogen (secondary N) is 2. The summed E-state index contributed by atoms with van der Waals surface area (Å²) in [5.41, 5.74) is 3.72. The summed E-state index contributed by atoms with van der Waals surface area (Å²) in [4.78, 5) is 27.4. The summed E-state index contributed by atoms with van der Waals surface area (Å²) in [5.74, 6) is -1.07. The molecule has 0 spiro atoms. The largest absolute Gasteiger partial charge is 0.326 e. The number of hydrogen-bond donors (Lipinski definition) is 2. The predicted molar refractivity (Wildman–Crippen MR) is 84.5 cm³/mol. The zero-order valence-electron chi connectivity index (χ0n) is 12.4. The Balaban J connectivity index is 1.85. The molecule has 0 aliphatic rings. The van der Waals surface area contributed by atoms with Crippen molar-refractivity contribution in [3.8, 4) is 0 Å². The van der Waals surface area contributed by atoms with Crippen LogP contribution in [0, 0.1) is 5.82 Å². The predicted octanol–water partition coefficient (Wildman–Crippen LogP) is 2.36. The third-order valence-corrected chi connectivity index (χ3v) is 2.84. The fourth-order valence-corrected chi connectivity index (χ4v) is 1.72. The molecule has 7 heteroatoms. The van der Waals surface area contributed by atoms with Crippen molar-refractivity contribution in [1.29, 1.82) is 0 Å². The van der Waals surface area contributed by atoms with Crippen molar-refractivity contribution in [3.05, 3.63) is 60.2 Å². The van der Waals surface area contributed by atoms with E-state index in [1.807, 2.05) is 0 Å². The summed E-state index contributed by atoms with van der Waals surface area (Å²) in [6, 6.07) is 8.55. The number of carbonyl (C=O) groups is 2. The summed E-state index contributed by atoms with van der Waals surface area (Å²) >= 11 is 0. The Morgan fingerprint density at radius 3 is 2.43 bits per heavy atom. The smallest absolute Gasteiger partial charge is 0.271 e. The second-order valence-corrected chi connectivity index (χ2v) is 4.76. The van der Waals surface area contributed by atoms with Crippen LogP contribution in [0.2, 0.25) is 0 Å². The molecule has 0 fully saturated rings. The molecule has 0 saturated heterocycles. The number of benzene rings is 1. The summed E-state index contributed by atoms with van der Waals surface area (Å²) in [7, 11) is 0. The third-order valence-electron chi connectivity index (χ3n) is 2.84. The van der Waals surface area contributed by atoms with Gasteiger partial charge in [0.25, 0.3) is 5.91 Å². The Morgan fingerprint density at radius 1 is 1.13 bits per heavy atom. The average molecular weight is 314 g/mol. The molecule has 0 atom stereocenters. The highest BCUT2D eigenvalue weighted by Crippen LogP contribution is 2.08. The Morgan fingerprint density at radius 2 is 1.78 bits per heavy atom. The second kappa shape index (κ2) is 7.79. The third kappa shape index (κ3) is 5.31. The standard InChI is InChI=1S/C16H15FN4O2/c1-11(20-21-16(23)12-6-8-18-9-7-12)10-15(22)19-14-4-2-13(17)3-5-14/h2-9H,10H2,1H3,(H,19,22)(H,21,23). The second-order valence-electron chi connectivity index (χ2n) is 4.76. The van der Waals surface area contributed by atoms with Crippen LogP contribution in [-0.4, -0.2) is 22.5 Å². The maximum absolute atomic E-state index is 12.8. The number of nitrogens with zero attached hydrogens (tertiary/aromatic N) is 2. The number of rotatable bonds is 5. The number of hydrogen-bond acceptors (Lipinski definition) is 4. The SMILES string of the molecule is CC(CC(=O)Nc1ccc(F)cc1)=NNC(=O)c1ccncc1. The van der Waals surface area contributed by atoms with Gasteiger partial charge in [0.15, 0.2) is 0 Å². The first kappa shape index (κ1) is 16.3. The van der Waals surface area contributed by atoms with E-state index in [4.69, 9.17) is 0 Å². The Hall–Kier alpha value is -3.09. The molecule has 2 N–H and O–H groups in total. The normalized spacial score (nSPS) is 11.0. The van der Waals surface area contributed by atoms with Crippen LogP contribution in [0.1, 0.15) is 23.7 Å². The molecule has 0 unspecified atom stereocenters. The molecular weight excluding hydrogens is 299 g/mol. The number of halogens is 1. The first-order valence-corrected chi connectivity index (χ1v) is 6.83. The van der Waals surface area contributed by atoms with Gasteiger partial charge in [-0.1, -0.05) is 0 Å².